The first-order chi connectivity index (χ1) is 10.3. The van der Waals surface area contributed by atoms with Gasteiger partial charge >= 0.3 is 0 Å². The van der Waals surface area contributed by atoms with E-state index >= 15 is 0 Å². The van der Waals surface area contributed by atoms with E-state index in [0.29, 0.717) is 6.54 Å². The molecule has 0 aromatic heterocycles. The molecular weight excluding hydrogens is 403 g/mol. The summed E-state index contributed by atoms with van der Waals surface area (Å²) in [6.45, 7) is 7.92. The number of nitrogens with one attached hydrogen (secondary N) is 2. The van der Waals surface area contributed by atoms with Gasteiger partial charge in [-0.3, -0.25) is 4.99 Å². The second-order valence-corrected chi connectivity index (χ2v) is 6.30. The highest BCUT2D eigenvalue weighted by molar-refractivity contribution is 14.0. The Bertz CT molecular complexity index is 515. The van der Waals surface area contributed by atoms with Crippen molar-refractivity contribution in [1.29, 1.82) is 0 Å². The van der Waals surface area contributed by atoms with Crippen LogP contribution in [-0.4, -0.2) is 51.2 Å². The summed E-state index contributed by atoms with van der Waals surface area (Å²) in [7, 11) is 7.64. The van der Waals surface area contributed by atoms with Crippen LogP contribution in [0.4, 0.5) is 0 Å². The smallest absolute Gasteiger partial charge is 0.191 e. The van der Waals surface area contributed by atoms with Gasteiger partial charge in [0.2, 0.25) is 0 Å². The Morgan fingerprint density at radius 3 is 2.43 bits per heavy atom. The minimum Gasteiger partial charge on any atom is -0.496 e. The van der Waals surface area contributed by atoms with E-state index in [1.54, 1.807) is 14.2 Å². The average molecular weight is 434 g/mol. The molecule has 1 aromatic rings. The maximum absolute atomic E-state index is 5.43. The fourth-order valence-corrected chi connectivity index (χ4v) is 1.86. The molecule has 1 aromatic carbocycles. The molecule has 0 bridgehead atoms. The van der Waals surface area contributed by atoms with Crippen LogP contribution in [0.1, 0.15) is 25.0 Å². The van der Waals surface area contributed by atoms with Crippen LogP contribution in [-0.2, 0) is 6.54 Å². The lowest BCUT2D eigenvalue weighted by atomic mass is 10.0. The molecule has 5 nitrogen and oxygen atoms in total. The molecule has 23 heavy (non-hydrogen) atoms. The van der Waals surface area contributed by atoms with Gasteiger partial charge in [-0.2, -0.15) is 0 Å². The Morgan fingerprint density at radius 2 is 1.91 bits per heavy atom. The van der Waals surface area contributed by atoms with Gasteiger partial charge in [0.1, 0.15) is 5.75 Å². The Kier molecular flexibility index (Phi) is 9.53. The zero-order valence-electron chi connectivity index (χ0n) is 15.4. The molecule has 0 aliphatic rings. The fourth-order valence-electron chi connectivity index (χ4n) is 1.86. The van der Waals surface area contributed by atoms with Crippen molar-refractivity contribution < 1.29 is 4.74 Å². The van der Waals surface area contributed by atoms with Gasteiger partial charge < -0.3 is 20.3 Å². The van der Waals surface area contributed by atoms with Crippen LogP contribution in [0.15, 0.2) is 23.2 Å². The number of rotatable bonds is 6. The van der Waals surface area contributed by atoms with Crippen molar-refractivity contribution in [2.24, 2.45) is 4.99 Å². The molecule has 0 spiro atoms. The van der Waals surface area contributed by atoms with Crippen molar-refractivity contribution in [2.45, 2.75) is 32.9 Å². The Balaban J connectivity index is 0.00000484. The third-order valence-electron chi connectivity index (χ3n) is 4.01. The number of nitrogens with zero attached hydrogens (tertiary/aromatic N) is 2. The van der Waals surface area contributed by atoms with Gasteiger partial charge in [0, 0.05) is 31.2 Å². The van der Waals surface area contributed by atoms with Gasteiger partial charge in [-0.15, -0.1) is 24.0 Å². The van der Waals surface area contributed by atoms with Crippen LogP contribution in [0.5, 0.6) is 5.75 Å². The van der Waals surface area contributed by atoms with Gasteiger partial charge in [0.25, 0.3) is 0 Å². The molecule has 0 aliphatic carbocycles. The molecule has 0 radical (unpaired) electrons. The van der Waals surface area contributed by atoms with Crippen LogP contribution in [0, 0.1) is 6.92 Å². The SMILES string of the molecule is CN=C(NCc1ccc(C)cc1OC)NCC(C)(C)N(C)C.I. The third-order valence-corrected chi connectivity index (χ3v) is 4.01. The Labute approximate surface area is 157 Å². The molecule has 0 aliphatic heterocycles. The van der Waals surface area contributed by atoms with Crippen molar-refractivity contribution >= 4 is 29.9 Å². The topological polar surface area (TPSA) is 48.9 Å². The summed E-state index contributed by atoms with van der Waals surface area (Å²) >= 11 is 0. The van der Waals surface area contributed by atoms with E-state index in [-0.39, 0.29) is 29.5 Å². The quantitative estimate of drug-likeness (QED) is 0.411. The highest BCUT2D eigenvalue weighted by Crippen LogP contribution is 2.19. The first kappa shape index (κ1) is 22.0. The zero-order valence-corrected chi connectivity index (χ0v) is 17.7. The second kappa shape index (κ2) is 9.97. The molecule has 2 N–H and O–H groups in total. The second-order valence-electron chi connectivity index (χ2n) is 6.30. The summed E-state index contributed by atoms with van der Waals surface area (Å²) in [6.07, 6.45) is 0. The molecule has 6 heteroatoms. The molecule has 0 amide bonds. The van der Waals surface area contributed by atoms with Gasteiger partial charge in [-0.1, -0.05) is 12.1 Å². The van der Waals surface area contributed by atoms with Gasteiger partial charge in [0.15, 0.2) is 5.96 Å². The van der Waals surface area contributed by atoms with Crippen LogP contribution in [0.2, 0.25) is 0 Å². The molecule has 0 saturated heterocycles. The normalized spacial score (nSPS) is 11.9. The van der Waals surface area contributed by atoms with E-state index in [4.69, 9.17) is 4.74 Å². The van der Waals surface area contributed by atoms with E-state index in [1.165, 1.54) is 5.56 Å². The van der Waals surface area contributed by atoms with E-state index in [2.05, 4.69) is 67.5 Å². The minimum atomic E-state index is 0. The first-order valence-corrected chi connectivity index (χ1v) is 7.55. The van der Waals surface area contributed by atoms with E-state index < -0.39 is 0 Å². The van der Waals surface area contributed by atoms with Crippen molar-refractivity contribution in [3.63, 3.8) is 0 Å². The largest absolute Gasteiger partial charge is 0.496 e. The number of hydrogen-bond donors (Lipinski definition) is 2. The number of halogens is 1. The Morgan fingerprint density at radius 1 is 1.26 bits per heavy atom. The number of methoxy groups -OCH3 is 1. The van der Waals surface area contributed by atoms with Crippen molar-refractivity contribution in [1.82, 2.24) is 15.5 Å². The van der Waals surface area contributed by atoms with Crippen molar-refractivity contribution in [2.75, 3.05) is 34.8 Å². The zero-order chi connectivity index (χ0) is 16.8. The number of hydrogen-bond acceptors (Lipinski definition) is 3. The molecule has 0 saturated carbocycles. The number of guanidine groups is 1. The standard InChI is InChI=1S/C17H30N4O.HI/c1-13-8-9-14(15(10-13)22-7)11-19-16(18-4)20-12-17(2,3)21(5)6;/h8-10H,11-12H2,1-7H3,(H2,18,19,20);1H. The lowest BCUT2D eigenvalue weighted by molar-refractivity contribution is 0.197. The first-order valence-electron chi connectivity index (χ1n) is 7.55. The summed E-state index contributed by atoms with van der Waals surface area (Å²) in [5.74, 6) is 1.69. The predicted octanol–water partition coefficient (Wildman–Crippen LogP) is 2.63. The molecule has 0 unspecified atom stereocenters. The van der Waals surface area contributed by atoms with E-state index in [1.807, 2.05) is 6.07 Å². The van der Waals surface area contributed by atoms with Crippen LogP contribution >= 0.6 is 24.0 Å². The highest BCUT2D eigenvalue weighted by atomic mass is 127. The maximum atomic E-state index is 5.43. The maximum Gasteiger partial charge on any atom is 0.191 e. The summed E-state index contributed by atoms with van der Waals surface area (Å²) in [6, 6.07) is 6.21. The third kappa shape index (κ3) is 6.95. The molecule has 132 valence electrons. The molecular formula is C17H31IN4O. The highest BCUT2D eigenvalue weighted by Gasteiger charge is 2.20. The predicted molar refractivity (Wildman–Crippen MR) is 109 cm³/mol. The molecule has 0 fully saturated rings. The molecule has 0 atom stereocenters. The Hall–Kier alpha value is -1.02. The summed E-state index contributed by atoms with van der Waals surface area (Å²) < 4.78 is 5.43. The van der Waals surface area contributed by atoms with Crippen LogP contribution in [0.25, 0.3) is 0 Å². The van der Waals surface area contributed by atoms with Crippen LogP contribution in [0.3, 0.4) is 0 Å². The number of ether oxygens (including phenoxy) is 1. The lowest BCUT2D eigenvalue weighted by Gasteiger charge is -2.33. The van der Waals surface area contributed by atoms with E-state index in [0.717, 1.165) is 23.8 Å². The average Bonchev–Trinajstić information content (AvgIpc) is 2.48. The van der Waals surface area contributed by atoms with E-state index in [9.17, 15) is 0 Å². The van der Waals surface area contributed by atoms with Crippen LogP contribution < -0.4 is 15.4 Å². The monoisotopic (exact) mass is 434 g/mol. The van der Waals surface area contributed by atoms with Crippen molar-refractivity contribution in [3.05, 3.63) is 29.3 Å². The molecule has 0 heterocycles. The minimum absolute atomic E-state index is 0. The van der Waals surface area contributed by atoms with Gasteiger partial charge in [0.05, 0.1) is 7.11 Å². The van der Waals surface area contributed by atoms with Crippen molar-refractivity contribution in [3.8, 4) is 5.75 Å². The molecule has 1 rings (SSSR count). The fraction of sp³-hybridized carbons (Fsp3) is 0.588. The number of likely N-dealkylation sites (N-methyl/N-ethyl adjacent to an activating group) is 1. The van der Waals surface area contributed by atoms with Gasteiger partial charge in [-0.05, 0) is 46.5 Å². The number of benzene rings is 1. The summed E-state index contributed by atoms with van der Waals surface area (Å²) in [4.78, 5) is 6.46. The summed E-state index contributed by atoms with van der Waals surface area (Å²) in [5, 5.41) is 6.70. The number of aliphatic imine (C=N–C) groups is 1. The summed E-state index contributed by atoms with van der Waals surface area (Å²) in [5.41, 5.74) is 2.36. The lowest BCUT2D eigenvalue weighted by Crippen LogP contribution is -2.50. The van der Waals surface area contributed by atoms with Gasteiger partial charge in [-0.25, -0.2) is 0 Å². The number of aryl methyl sites for hydroxylation is 1.